The molecule has 0 aliphatic rings. The van der Waals surface area contributed by atoms with Crippen molar-refractivity contribution in [2.75, 3.05) is 14.1 Å². The first kappa shape index (κ1) is 3.69. The minimum Gasteiger partial charge on any atom is -0.496 e. The molecule has 0 unspecified atom stereocenters. The summed E-state index contributed by atoms with van der Waals surface area (Å²) >= 11 is 0. The van der Waals surface area contributed by atoms with E-state index in [-0.39, 0.29) is 11.5 Å². The van der Waals surface area contributed by atoms with E-state index in [1.165, 1.54) is 12.1 Å². The first-order chi connectivity index (χ1) is 7.98. The molecule has 66 valence electrons. The number of aryl methyl sites for hydroxylation is 2. The quantitative estimate of drug-likeness (QED) is 0.681. The van der Waals surface area contributed by atoms with Crippen LogP contribution in [0.5, 0.6) is 11.5 Å². The lowest BCUT2D eigenvalue weighted by Crippen LogP contribution is -1.92. The van der Waals surface area contributed by atoms with Crippen molar-refractivity contribution in [3.8, 4) is 11.5 Å². The van der Waals surface area contributed by atoms with Crippen LogP contribution in [0, 0.1) is 13.8 Å². The molecule has 0 atom stereocenters. The Morgan fingerprint density at radius 2 is 1.42 bits per heavy atom. The van der Waals surface area contributed by atoms with Gasteiger partial charge in [0.2, 0.25) is 0 Å². The van der Waals surface area contributed by atoms with Gasteiger partial charge in [-0.2, -0.15) is 0 Å². The van der Waals surface area contributed by atoms with E-state index in [2.05, 4.69) is 0 Å². The maximum absolute atomic E-state index is 7.02. The van der Waals surface area contributed by atoms with Crippen molar-refractivity contribution < 1.29 is 17.7 Å². The van der Waals surface area contributed by atoms with Gasteiger partial charge >= 0.3 is 0 Å². The molecule has 0 spiro atoms. The van der Waals surface area contributed by atoms with Crippen LogP contribution >= 0.6 is 0 Å². The highest BCUT2D eigenvalue weighted by atomic mass is 16.5. The van der Waals surface area contributed by atoms with Crippen LogP contribution in [0.3, 0.4) is 0 Å². The molecule has 12 heavy (non-hydrogen) atoms. The first-order valence-electron chi connectivity index (χ1n) is 6.47. The van der Waals surface area contributed by atoms with Crippen molar-refractivity contribution in [2.45, 2.75) is 13.8 Å². The van der Waals surface area contributed by atoms with Gasteiger partial charge in [0, 0.05) is 0 Å². The highest BCUT2D eigenvalue weighted by Crippen LogP contribution is 2.26. The molecule has 0 aliphatic heterocycles. The minimum absolute atomic E-state index is 0.186. The van der Waals surface area contributed by atoms with Crippen LogP contribution in [0.25, 0.3) is 0 Å². The van der Waals surface area contributed by atoms with Crippen molar-refractivity contribution in [3.05, 3.63) is 23.3 Å². The van der Waals surface area contributed by atoms with E-state index in [1.54, 1.807) is 13.8 Å². The lowest BCUT2D eigenvalue weighted by atomic mass is 10.1. The summed E-state index contributed by atoms with van der Waals surface area (Å²) in [5.41, 5.74) is 0.993. The molecule has 0 fully saturated rings. The molecule has 0 saturated heterocycles. The Morgan fingerprint density at radius 3 is 1.75 bits per heavy atom. The van der Waals surface area contributed by atoms with E-state index in [4.69, 9.17) is 17.7 Å². The summed E-state index contributed by atoms with van der Waals surface area (Å²) < 4.78 is 51.7. The van der Waals surface area contributed by atoms with Gasteiger partial charge in [0.25, 0.3) is 0 Å². The molecule has 0 aromatic heterocycles. The summed E-state index contributed by atoms with van der Waals surface area (Å²) in [6.45, 7) is 3.24. The molecule has 0 saturated carbocycles. The Kier molecular flexibility index (Phi) is 1.07. The Balaban J connectivity index is 3.05. The third-order valence-electron chi connectivity index (χ3n) is 1.69. The van der Waals surface area contributed by atoms with Crippen LogP contribution < -0.4 is 9.47 Å². The third kappa shape index (κ3) is 1.52. The average molecular weight is 172 g/mol. The van der Waals surface area contributed by atoms with E-state index in [1.807, 2.05) is 0 Å². The normalized spacial score (nSPS) is 19.2. The average Bonchev–Trinajstić information content (AvgIpc) is 2.08. The molecule has 0 N–H and O–H groups in total. The largest absolute Gasteiger partial charge is 0.496 e. The van der Waals surface area contributed by atoms with Crippen LogP contribution in [-0.4, -0.2) is 14.1 Å². The molecule has 1 rings (SSSR count). The minimum atomic E-state index is -2.54. The van der Waals surface area contributed by atoms with E-state index < -0.39 is 14.1 Å². The number of ether oxygens (including phenoxy) is 2. The smallest absolute Gasteiger partial charge is 0.122 e. The number of hydrogen-bond acceptors (Lipinski definition) is 2. The van der Waals surface area contributed by atoms with Gasteiger partial charge < -0.3 is 9.47 Å². The summed E-state index contributed by atoms with van der Waals surface area (Å²) in [6.07, 6.45) is 0. The standard InChI is InChI=1S/C10H14O2/c1-7-5-10(12-4)8(2)6-9(7)11-3/h5-6H,1-4H3/i3D3,4D3. The predicted molar refractivity (Wildman–Crippen MR) is 49.0 cm³/mol. The van der Waals surface area contributed by atoms with E-state index >= 15 is 0 Å². The van der Waals surface area contributed by atoms with Gasteiger partial charge in [-0.25, -0.2) is 0 Å². The van der Waals surface area contributed by atoms with E-state index in [0.29, 0.717) is 11.1 Å². The van der Waals surface area contributed by atoms with Gasteiger partial charge in [-0.1, -0.05) is 0 Å². The number of hydrogen-bond donors (Lipinski definition) is 0. The maximum atomic E-state index is 7.02. The van der Waals surface area contributed by atoms with Gasteiger partial charge in [-0.3, -0.25) is 0 Å². The van der Waals surface area contributed by atoms with Crippen LogP contribution in [0.4, 0.5) is 0 Å². The summed E-state index contributed by atoms with van der Waals surface area (Å²) in [6, 6.07) is 2.89. The van der Waals surface area contributed by atoms with Crippen LogP contribution in [0.15, 0.2) is 12.1 Å². The molecular formula is C10H14O2. The second kappa shape index (κ2) is 3.48. The molecule has 0 bridgehead atoms. The second-order valence-corrected chi connectivity index (χ2v) is 2.59. The molecular weight excluding hydrogens is 152 g/mol. The predicted octanol–water partition coefficient (Wildman–Crippen LogP) is 2.32. The maximum Gasteiger partial charge on any atom is 0.122 e. The SMILES string of the molecule is [2H]C([2H])([2H])Oc1cc(C)c(OC([2H])([2H])[2H])cc1C. The van der Waals surface area contributed by atoms with Crippen molar-refractivity contribution in [3.63, 3.8) is 0 Å². The van der Waals surface area contributed by atoms with Gasteiger partial charge in [-0.15, -0.1) is 0 Å². The highest BCUT2D eigenvalue weighted by molar-refractivity contribution is 5.45. The van der Waals surface area contributed by atoms with Crippen molar-refractivity contribution in [1.29, 1.82) is 0 Å². The van der Waals surface area contributed by atoms with Crippen molar-refractivity contribution >= 4 is 0 Å². The summed E-state index contributed by atoms with van der Waals surface area (Å²) in [4.78, 5) is 0. The lowest BCUT2D eigenvalue weighted by molar-refractivity contribution is 0.398. The van der Waals surface area contributed by atoms with Gasteiger partial charge in [0.05, 0.1) is 22.3 Å². The molecule has 0 radical (unpaired) electrons. The Bertz CT molecular complexity index is 393. The van der Waals surface area contributed by atoms with Gasteiger partial charge in [0.15, 0.2) is 0 Å². The summed E-state index contributed by atoms with van der Waals surface area (Å²) in [7, 11) is -5.08. The fourth-order valence-electron chi connectivity index (χ4n) is 0.983. The molecule has 2 heteroatoms. The first-order valence-corrected chi connectivity index (χ1v) is 3.47. The number of methoxy groups -OCH3 is 2. The summed E-state index contributed by atoms with van der Waals surface area (Å²) in [5.74, 6) is 0.371. The van der Waals surface area contributed by atoms with Crippen LogP contribution in [0.1, 0.15) is 19.4 Å². The topological polar surface area (TPSA) is 18.5 Å². The second-order valence-electron chi connectivity index (χ2n) is 2.59. The van der Waals surface area contributed by atoms with Crippen molar-refractivity contribution in [2.24, 2.45) is 0 Å². The van der Waals surface area contributed by atoms with Gasteiger partial charge in [0.1, 0.15) is 11.5 Å². The monoisotopic (exact) mass is 172 g/mol. The van der Waals surface area contributed by atoms with E-state index in [0.717, 1.165) is 0 Å². The molecule has 0 aliphatic carbocycles. The Labute approximate surface area is 81.5 Å². The number of benzene rings is 1. The highest BCUT2D eigenvalue weighted by Gasteiger charge is 2.03. The van der Waals surface area contributed by atoms with E-state index in [9.17, 15) is 0 Å². The Hall–Kier alpha value is -1.18. The zero-order valence-electron chi connectivity index (χ0n) is 13.0. The molecule has 2 nitrogen and oxygen atoms in total. The third-order valence-corrected chi connectivity index (χ3v) is 1.69. The fraction of sp³-hybridized carbons (Fsp3) is 0.400. The van der Waals surface area contributed by atoms with Gasteiger partial charge in [-0.05, 0) is 37.1 Å². The molecule has 1 aromatic carbocycles. The fourth-order valence-corrected chi connectivity index (χ4v) is 0.983. The lowest BCUT2D eigenvalue weighted by Gasteiger charge is -2.09. The van der Waals surface area contributed by atoms with Crippen molar-refractivity contribution in [1.82, 2.24) is 0 Å². The molecule has 0 heterocycles. The number of rotatable bonds is 2. The Morgan fingerprint density at radius 1 is 1.00 bits per heavy atom. The molecule has 0 amide bonds. The molecule has 1 aromatic rings. The zero-order valence-corrected chi connectivity index (χ0v) is 6.97. The zero-order chi connectivity index (χ0) is 14.1. The summed E-state index contributed by atoms with van der Waals surface area (Å²) in [5, 5.41) is 0. The van der Waals surface area contributed by atoms with Crippen LogP contribution in [0.2, 0.25) is 0 Å². The van der Waals surface area contributed by atoms with Crippen LogP contribution in [-0.2, 0) is 0 Å².